The fourth-order valence-electron chi connectivity index (χ4n) is 2.25. The van der Waals surface area contributed by atoms with Gasteiger partial charge < -0.3 is 15.3 Å². The van der Waals surface area contributed by atoms with Gasteiger partial charge in [-0.05, 0) is 12.1 Å². The van der Waals surface area contributed by atoms with Crippen molar-refractivity contribution in [3.63, 3.8) is 0 Å². The summed E-state index contributed by atoms with van der Waals surface area (Å²) in [5, 5.41) is 0. The zero-order valence-electron chi connectivity index (χ0n) is 10.5. The Labute approximate surface area is 109 Å². The molecule has 19 heavy (non-hydrogen) atoms. The van der Waals surface area contributed by atoms with Crippen molar-refractivity contribution in [3.8, 4) is 0 Å². The van der Waals surface area contributed by atoms with E-state index in [4.69, 9.17) is 5.73 Å². The number of imidazole rings is 2. The van der Waals surface area contributed by atoms with Gasteiger partial charge in [-0.25, -0.2) is 14.4 Å². The summed E-state index contributed by atoms with van der Waals surface area (Å²) >= 11 is 0. The molecule has 3 aromatic rings. The van der Waals surface area contributed by atoms with Gasteiger partial charge >= 0.3 is 0 Å². The lowest BCUT2D eigenvalue weighted by molar-refractivity contribution is 0.626. The number of para-hydroxylation sites is 1. The Kier molecular flexibility index (Phi) is 2.79. The van der Waals surface area contributed by atoms with Gasteiger partial charge in [0, 0.05) is 25.4 Å². The minimum Gasteiger partial charge on any atom is -0.348 e. The third kappa shape index (κ3) is 2.00. The van der Waals surface area contributed by atoms with E-state index in [9.17, 15) is 4.39 Å². The molecule has 0 bridgehead atoms. The number of aryl methyl sites for hydroxylation is 1. The summed E-state index contributed by atoms with van der Waals surface area (Å²) in [7, 11) is 1.84. The molecule has 0 spiro atoms. The van der Waals surface area contributed by atoms with E-state index in [2.05, 4.69) is 15.0 Å². The first-order valence-electron chi connectivity index (χ1n) is 6.00. The van der Waals surface area contributed by atoms with E-state index in [-0.39, 0.29) is 11.9 Å². The molecule has 1 unspecified atom stereocenters. The number of fused-ring (bicyclic) bond motifs is 1. The second kappa shape index (κ2) is 4.47. The maximum Gasteiger partial charge on any atom is 0.151 e. The lowest BCUT2D eigenvalue weighted by Gasteiger charge is -2.10. The number of nitrogens with zero attached hydrogens (tertiary/aromatic N) is 3. The van der Waals surface area contributed by atoms with Gasteiger partial charge in [0.1, 0.15) is 11.3 Å². The van der Waals surface area contributed by atoms with E-state index < -0.39 is 0 Å². The van der Waals surface area contributed by atoms with Crippen molar-refractivity contribution >= 4 is 11.0 Å². The molecule has 98 valence electrons. The molecule has 0 saturated heterocycles. The van der Waals surface area contributed by atoms with Crippen LogP contribution in [0.25, 0.3) is 11.0 Å². The van der Waals surface area contributed by atoms with Gasteiger partial charge in [0.2, 0.25) is 0 Å². The summed E-state index contributed by atoms with van der Waals surface area (Å²) in [5.74, 6) is 0.336. The Hall–Kier alpha value is -2.21. The van der Waals surface area contributed by atoms with E-state index in [1.165, 1.54) is 6.07 Å². The number of H-pyrrole nitrogens is 1. The number of benzene rings is 1. The molecule has 3 rings (SSSR count). The second-order valence-electron chi connectivity index (χ2n) is 4.52. The van der Waals surface area contributed by atoms with Crippen LogP contribution in [0.15, 0.2) is 30.7 Å². The van der Waals surface area contributed by atoms with Crippen LogP contribution in [0.4, 0.5) is 4.39 Å². The Bertz CT molecular complexity index is 701. The van der Waals surface area contributed by atoms with E-state index in [0.29, 0.717) is 17.8 Å². The summed E-state index contributed by atoms with van der Waals surface area (Å²) < 4.78 is 15.5. The zero-order chi connectivity index (χ0) is 13.4. The quantitative estimate of drug-likeness (QED) is 0.751. The number of nitrogens with two attached hydrogens (primary N) is 1. The minimum atomic E-state index is -0.326. The van der Waals surface area contributed by atoms with Crippen molar-refractivity contribution in [1.29, 1.82) is 0 Å². The van der Waals surface area contributed by atoms with Crippen molar-refractivity contribution in [1.82, 2.24) is 19.5 Å². The average Bonchev–Trinajstić information content (AvgIpc) is 2.99. The molecular weight excluding hydrogens is 245 g/mol. The van der Waals surface area contributed by atoms with Gasteiger partial charge in [0.15, 0.2) is 5.82 Å². The topological polar surface area (TPSA) is 72.5 Å². The summed E-state index contributed by atoms with van der Waals surface area (Å²) in [6.45, 7) is 0. The van der Waals surface area contributed by atoms with Gasteiger partial charge in [0.05, 0.1) is 17.9 Å². The van der Waals surface area contributed by atoms with Crippen LogP contribution in [0.2, 0.25) is 0 Å². The molecule has 0 amide bonds. The van der Waals surface area contributed by atoms with Gasteiger partial charge in [-0.2, -0.15) is 0 Å². The average molecular weight is 259 g/mol. The second-order valence-corrected chi connectivity index (χ2v) is 4.52. The van der Waals surface area contributed by atoms with Gasteiger partial charge in [-0.1, -0.05) is 6.07 Å². The fourth-order valence-corrected chi connectivity index (χ4v) is 2.25. The molecule has 2 aromatic heterocycles. The number of hydrogen-bond donors (Lipinski definition) is 2. The van der Waals surface area contributed by atoms with Crippen LogP contribution in [-0.2, 0) is 13.5 Å². The molecule has 0 aliphatic rings. The SMILES string of the molecule is Cn1c(C(N)Cc2cnc[nH]2)nc2c(F)cccc21. The predicted octanol–water partition coefficient (Wildman–Crippen LogP) is 1.68. The van der Waals surface area contributed by atoms with Crippen molar-refractivity contribution in [3.05, 3.63) is 48.1 Å². The van der Waals surface area contributed by atoms with Crippen molar-refractivity contribution in [2.75, 3.05) is 0 Å². The molecule has 1 atom stereocenters. The molecule has 3 N–H and O–H groups in total. The number of halogens is 1. The molecule has 2 heterocycles. The number of nitrogens with one attached hydrogen (secondary N) is 1. The van der Waals surface area contributed by atoms with Crippen LogP contribution in [-0.4, -0.2) is 19.5 Å². The van der Waals surface area contributed by atoms with Crippen molar-refractivity contribution in [2.45, 2.75) is 12.5 Å². The summed E-state index contributed by atoms with van der Waals surface area (Å²) in [6, 6.07) is 4.60. The first kappa shape index (κ1) is 11.9. The van der Waals surface area contributed by atoms with Crippen LogP contribution < -0.4 is 5.73 Å². The highest BCUT2D eigenvalue weighted by atomic mass is 19.1. The van der Waals surface area contributed by atoms with E-state index >= 15 is 0 Å². The fraction of sp³-hybridized carbons (Fsp3) is 0.231. The Morgan fingerprint density at radius 1 is 1.47 bits per heavy atom. The predicted molar refractivity (Wildman–Crippen MR) is 69.9 cm³/mol. The first-order valence-corrected chi connectivity index (χ1v) is 6.00. The van der Waals surface area contributed by atoms with Crippen molar-refractivity contribution < 1.29 is 4.39 Å². The maximum atomic E-state index is 13.7. The number of aromatic nitrogens is 4. The molecule has 6 heteroatoms. The molecule has 0 radical (unpaired) electrons. The van der Waals surface area contributed by atoms with E-state index in [1.807, 2.05) is 17.7 Å². The number of hydrogen-bond acceptors (Lipinski definition) is 3. The number of aromatic amines is 1. The van der Waals surface area contributed by atoms with Gasteiger partial charge in [0.25, 0.3) is 0 Å². The zero-order valence-corrected chi connectivity index (χ0v) is 10.5. The highest BCUT2D eigenvalue weighted by Crippen LogP contribution is 2.22. The normalized spacial score (nSPS) is 13.0. The Morgan fingerprint density at radius 3 is 3.00 bits per heavy atom. The van der Waals surface area contributed by atoms with E-state index in [0.717, 1.165) is 11.2 Å². The first-order chi connectivity index (χ1) is 9.16. The number of rotatable bonds is 3. The van der Waals surface area contributed by atoms with Crippen LogP contribution in [0, 0.1) is 5.82 Å². The molecule has 0 aliphatic heterocycles. The molecule has 0 aliphatic carbocycles. The lowest BCUT2D eigenvalue weighted by atomic mass is 10.1. The van der Waals surface area contributed by atoms with Gasteiger partial charge in [-0.15, -0.1) is 0 Å². The summed E-state index contributed by atoms with van der Waals surface area (Å²) in [5.41, 5.74) is 8.18. The van der Waals surface area contributed by atoms with Crippen LogP contribution in [0.5, 0.6) is 0 Å². The van der Waals surface area contributed by atoms with Crippen LogP contribution in [0.1, 0.15) is 17.6 Å². The van der Waals surface area contributed by atoms with Crippen molar-refractivity contribution in [2.24, 2.45) is 12.8 Å². The maximum absolute atomic E-state index is 13.7. The third-order valence-electron chi connectivity index (χ3n) is 3.22. The monoisotopic (exact) mass is 259 g/mol. The van der Waals surface area contributed by atoms with Gasteiger partial charge in [-0.3, -0.25) is 0 Å². The molecular formula is C13H14FN5. The molecule has 5 nitrogen and oxygen atoms in total. The van der Waals surface area contributed by atoms with E-state index in [1.54, 1.807) is 18.6 Å². The summed E-state index contributed by atoms with van der Waals surface area (Å²) in [6.07, 6.45) is 3.92. The highest BCUT2D eigenvalue weighted by molar-refractivity contribution is 5.76. The standard InChI is InChI=1S/C13H14FN5/c1-19-11-4-2-3-9(14)12(11)18-13(19)10(15)5-8-6-16-7-17-8/h2-4,6-7,10H,5,15H2,1H3,(H,16,17). The Balaban J connectivity index is 2.00. The van der Waals surface area contributed by atoms with Crippen LogP contribution >= 0.6 is 0 Å². The molecule has 0 fully saturated rings. The Morgan fingerprint density at radius 2 is 2.32 bits per heavy atom. The van der Waals surface area contributed by atoms with Crippen LogP contribution in [0.3, 0.4) is 0 Å². The minimum absolute atomic E-state index is 0.308. The molecule has 1 aromatic carbocycles. The molecule has 0 saturated carbocycles. The lowest BCUT2D eigenvalue weighted by Crippen LogP contribution is -2.18. The summed E-state index contributed by atoms with van der Waals surface area (Å²) in [4.78, 5) is 11.3. The smallest absolute Gasteiger partial charge is 0.151 e. The third-order valence-corrected chi connectivity index (χ3v) is 3.22. The largest absolute Gasteiger partial charge is 0.348 e. The highest BCUT2D eigenvalue weighted by Gasteiger charge is 2.17.